The van der Waals surface area contributed by atoms with Gasteiger partial charge in [0.1, 0.15) is 13.2 Å². The highest BCUT2D eigenvalue weighted by molar-refractivity contribution is 5.71. The van der Waals surface area contributed by atoms with E-state index in [1.165, 1.54) is 283 Å². The first-order chi connectivity index (χ1) is 38.5. The second-order valence-electron chi connectivity index (χ2n) is 24.2. The van der Waals surface area contributed by atoms with Gasteiger partial charge in [0.05, 0.1) is 0 Å². The summed E-state index contributed by atoms with van der Waals surface area (Å²) < 4.78 is 17.0. The lowest BCUT2D eigenvalue weighted by Crippen LogP contribution is -2.30. The maximum absolute atomic E-state index is 12.9. The molecule has 0 aliphatic carbocycles. The molecule has 0 heterocycles. The van der Waals surface area contributed by atoms with Crippen LogP contribution >= 0.6 is 0 Å². The van der Waals surface area contributed by atoms with Crippen LogP contribution < -0.4 is 0 Å². The summed E-state index contributed by atoms with van der Waals surface area (Å²) in [5.41, 5.74) is 0. The minimum Gasteiger partial charge on any atom is -0.462 e. The number of carbonyl (C=O) groups excluding carboxylic acids is 3. The fourth-order valence-corrected chi connectivity index (χ4v) is 10.9. The molecule has 0 amide bonds. The number of carbonyl (C=O) groups is 3. The van der Waals surface area contributed by atoms with E-state index < -0.39 is 6.10 Å². The van der Waals surface area contributed by atoms with Crippen LogP contribution in [0.2, 0.25) is 0 Å². The molecule has 0 N–H and O–H groups in total. The van der Waals surface area contributed by atoms with Gasteiger partial charge in [-0.05, 0) is 51.4 Å². The Kier molecular flexibility index (Phi) is 65.6. The molecule has 0 saturated heterocycles. The summed E-state index contributed by atoms with van der Waals surface area (Å²) in [6.45, 7) is 6.68. The normalized spacial score (nSPS) is 12.1. The summed E-state index contributed by atoms with van der Waals surface area (Å²) >= 11 is 0. The number of hydrogen-bond acceptors (Lipinski definition) is 6. The Hall–Kier alpha value is -2.11. The third kappa shape index (κ3) is 64.7. The van der Waals surface area contributed by atoms with E-state index in [0.717, 1.165) is 77.0 Å². The van der Waals surface area contributed by atoms with Gasteiger partial charge < -0.3 is 14.2 Å². The molecule has 0 aromatic heterocycles. The molecule has 0 rings (SSSR count). The maximum atomic E-state index is 12.9. The number of rotatable bonds is 66. The van der Waals surface area contributed by atoms with E-state index in [2.05, 4.69) is 45.1 Å². The minimum absolute atomic E-state index is 0.0710. The molecule has 0 radical (unpaired) electrons. The SMILES string of the molecule is CCCCCC/C=C\C/C=C\CCCCCCCC(=O)OC(COC(=O)CCCCCCCCCCCCCCC)COC(=O)CCCCCCCCCCCCCCCCCCCCCCCCCCCCCCCCC. The van der Waals surface area contributed by atoms with Crippen molar-refractivity contribution in [1.82, 2.24) is 0 Å². The number of allylic oxidation sites excluding steroid dienone is 4. The molecule has 0 bridgehead atoms. The topological polar surface area (TPSA) is 78.9 Å². The van der Waals surface area contributed by atoms with Gasteiger partial charge >= 0.3 is 17.9 Å². The van der Waals surface area contributed by atoms with Crippen LogP contribution in [-0.2, 0) is 28.6 Å². The van der Waals surface area contributed by atoms with E-state index >= 15 is 0 Å². The van der Waals surface area contributed by atoms with Crippen molar-refractivity contribution in [3.63, 3.8) is 0 Å². The van der Waals surface area contributed by atoms with Crippen molar-refractivity contribution in [3.8, 4) is 0 Å². The Morgan fingerprint density at radius 3 is 0.718 bits per heavy atom. The van der Waals surface area contributed by atoms with Gasteiger partial charge in [0.15, 0.2) is 6.10 Å². The van der Waals surface area contributed by atoms with E-state index in [0.29, 0.717) is 19.3 Å². The van der Waals surface area contributed by atoms with Gasteiger partial charge in [0.25, 0.3) is 0 Å². The van der Waals surface area contributed by atoms with Gasteiger partial charge in [0, 0.05) is 19.3 Å². The second-order valence-corrected chi connectivity index (χ2v) is 24.2. The quantitative estimate of drug-likeness (QED) is 0.0261. The van der Waals surface area contributed by atoms with Crippen LogP contribution in [0.5, 0.6) is 0 Å². The molecule has 0 aliphatic heterocycles. The standard InChI is InChI=1S/C72H136O6/c1-4-7-10-13-16-19-22-25-27-29-30-31-32-33-34-35-36-37-38-39-40-41-42-43-45-47-50-53-56-59-62-65-71(74)77-68-69(67-76-70(73)64-61-58-55-52-49-46-24-21-18-15-12-9-6-3)78-72(75)66-63-60-57-54-51-48-44-28-26-23-20-17-14-11-8-5-2/h20,23,28,44,69H,4-19,21-22,24-27,29-43,45-68H2,1-3H3/b23-20-,44-28-. The maximum Gasteiger partial charge on any atom is 0.306 e. The molecule has 0 aromatic carbocycles. The molecular formula is C72H136O6. The van der Waals surface area contributed by atoms with Crippen molar-refractivity contribution in [3.05, 3.63) is 24.3 Å². The molecule has 1 atom stereocenters. The zero-order chi connectivity index (χ0) is 56.4. The summed E-state index contributed by atoms with van der Waals surface area (Å²) in [4.78, 5) is 38.3. The third-order valence-corrected chi connectivity index (χ3v) is 16.2. The molecule has 6 nitrogen and oxygen atoms in total. The average molecular weight is 1100 g/mol. The smallest absolute Gasteiger partial charge is 0.306 e. The third-order valence-electron chi connectivity index (χ3n) is 16.2. The van der Waals surface area contributed by atoms with E-state index in [9.17, 15) is 14.4 Å². The number of unbranched alkanes of at least 4 members (excludes halogenated alkanes) is 51. The van der Waals surface area contributed by atoms with Gasteiger partial charge in [-0.1, -0.05) is 353 Å². The second kappa shape index (κ2) is 67.4. The van der Waals surface area contributed by atoms with Crippen molar-refractivity contribution in [2.24, 2.45) is 0 Å². The predicted octanol–water partition coefficient (Wildman–Crippen LogP) is 24.2. The lowest BCUT2D eigenvalue weighted by Gasteiger charge is -2.18. The fourth-order valence-electron chi connectivity index (χ4n) is 10.9. The number of hydrogen-bond donors (Lipinski definition) is 0. The largest absolute Gasteiger partial charge is 0.462 e. The van der Waals surface area contributed by atoms with Gasteiger partial charge in [-0.25, -0.2) is 0 Å². The molecule has 1 unspecified atom stereocenters. The van der Waals surface area contributed by atoms with Gasteiger partial charge in [-0.2, -0.15) is 0 Å². The van der Waals surface area contributed by atoms with Crippen molar-refractivity contribution in [2.75, 3.05) is 13.2 Å². The highest BCUT2D eigenvalue weighted by Gasteiger charge is 2.19. The Bertz CT molecular complexity index is 1260. The van der Waals surface area contributed by atoms with Crippen LogP contribution in [0.3, 0.4) is 0 Å². The van der Waals surface area contributed by atoms with E-state index in [1.54, 1.807) is 0 Å². The zero-order valence-corrected chi connectivity index (χ0v) is 53.0. The van der Waals surface area contributed by atoms with Crippen molar-refractivity contribution in [2.45, 2.75) is 406 Å². The summed E-state index contributed by atoms with van der Waals surface area (Å²) in [5, 5.41) is 0. The Morgan fingerprint density at radius 2 is 0.462 bits per heavy atom. The minimum atomic E-state index is -0.775. The van der Waals surface area contributed by atoms with Gasteiger partial charge in [-0.15, -0.1) is 0 Å². The van der Waals surface area contributed by atoms with Gasteiger partial charge in [-0.3, -0.25) is 14.4 Å². The van der Waals surface area contributed by atoms with Crippen LogP contribution in [0.1, 0.15) is 400 Å². The molecule has 0 saturated carbocycles. The lowest BCUT2D eigenvalue weighted by atomic mass is 10.0. The molecule has 0 aromatic rings. The van der Waals surface area contributed by atoms with Crippen LogP contribution in [-0.4, -0.2) is 37.2 Å². The first kappa shape index (κ1) is 75.9. The summed E-state index contributed by atoms with van der Waals surface area (Å²) in [6.07, 6.45) is 82.2. The van der Waals surface area contributed by atoms with E-state index in [1.807, 2.05) is 0 Å². The average Bonchev–Trinajstić information content (AvgIpc) is 3.44. The molecule has 0 fully saturated rings. The first-order valence-electron chi connectivity index (χ1n) is 35.3. The Morgan fingerprint density at radius 1 is 0.256 bits per heavy atom. The fraction of sp³-hybridized carbons (Fsp3) is 0.903. The predicted molar refractivity (Wildman–Crippen MR) is 340 cm³/mol. The molecule has 6 heteroatoms. The van der Waals surface area contributed by atoms with Crippen LogP contribution in [0.25, 0.3) is 0 Å². The lowest BCUT2D eigenvalue weighted by molar-refractivity contribution is -0.167. The highest BCUT2D eigenvalue weighted by Crippen LogP contribution is 2.19. The van der Waals surface area contributed by atoms with Crippen molar-refractivity contribution >= 4 is 17.9 Å². The van der Waals surface area contributed by atoms with Crippen molar-refractivity contribution in [1.29, 1.82) is 0 Å². The Labute approximate surface area is 487 Å². The molecule has 460 valence electrons. The van der Waals surface area contributed by atoms with Crippen LogP contribution in [0.4, 0.5) is 0 Å². The molecule has 78 heavy (non-hydrogen) atoms. The first-order valence-corrected chi connectivity index (χ1v) is 35.3. The van der Waals surface area contributed by atoms with Crippen LogP contribution in [0.15, 0.2) is 24.3 Å². The summed E-state index contributed by atoms with van der Waals surface area (Å²) in [7, 11) is 0. The molecule has 0 aliphatic rings. The molecule has 0 spiro atoms. The van der Waals surface area contributed by atoms with Crippen molar-refractivity contribution < 1.29 is 28.6 Å². The number of ether oxygens (including phenoxy) is 3. The van der Waals surface area contributed by atoms with Gasteiger partial charge in [0.2, 0.25) is 0 Å². The molecular weight excluding hydrogens is 961 g/mol. The summed E-state index contributed by atoms with van der Waals surface area (Å²) in [5.74, 6) is -0.856. The van der Waals surface area contributed by atoms with E-state index in [-0.39, 0.29) is 31.1 Å². The number of esters is 3. The van der Waals surface area contributed by atoms with Crippen LogP contribution in [0, 0.1) is 0 Å². The highest BCUT2D eigenvalue weighted by atomic mass is 16.6. The zero-order valence-electron chi connectivity index (χ0n) is 53.0. The monoisotopic (exact) mass is 1100 g/mol. The van der Waals surface area contributed by atoms with E-state index in [4.69, 9.17) is 14.2 Å². The summed E-state index contributed by atoms with van der Waals surface area (Å²) in [6, 6.07) is 0. The Balaban J connectivity index is 4.11.